The lowest BCUT2D eigenvalue weighted by Crippen LogP contribution is -2.58. The van der Waals surface area contributed by atoms with Crippen molar-refractivity contribution in [2.24, 2.45) is 16.7 Å². The fourth-order valence-electron chi connectivity index (χ4n) is 5.65. The molecule has 1 unspecified atom stereocenters. The molecule has 2 fully saturated rings. The zero-order chi connectivity index (χ0) is 21.7. The SMILES string of the molecule is CC1(C)C(N(C(=O)c2ccccc2)S(=O)(=O)Nc2ccc(Br)cc2)[C@@]2(C)CC[C@@H]1C2. The number of carbonyl (C=O) groups is 1. The average Bonchev–Trinajstić information content (AvgIpc) is 3.18. The minimum Gasteiger partial charge on any atom is -0.268 e. The van der Waals surface area contributed by atoms with Crippen LogP contribution < -0.4 is 4.72 Å². The molecule has 2 aromatic carbocycles. The molecule has 0 aromatic heterocycles. The fourth-order valence-corrected chi connectivity index (χ4v) is 7.57. The zero-order valence-corrected chi connectivity index (χ0v) is 19.8. The van der Waals surface area contributed by atoms with E-state index in [1.165, 1.54) is 0 Å². The van der Waals surface area contributed by atoms with Gasteiger partial charge in [-0.2, -0.15) is 8.42 Å². The van der Waals surface area contributed by atoms with Gasteiger partial charge in [0.25, 0.3) is 5.91 Å². The molecule has 2 saturated carbocycles. The molecule has 7 heteroatoms. The van der Waals surface area contributed by atoms with Crippen LogP contribution in [0.4, 0.5) is 5.69 Å². The van der Waals surface area contributed by atoms with Crippen LogP contribution in [0.2, 0.25) is 0 Å². The van der Waals surface area contributed by atoms with E-state index < -0.39 is 22.2 Å². The molecule has 1 amide bonds. The third-order valence-electron chi connectivity index (χ3n) is 7.00. The molecule has 0 spiro atoms. The zero-order valence-electron chi connectivity index (χ0n) is 17.4. The molecule has 2 aliphatic rings. The van der Waals surface area contributed by atoms with Gasteiger partial charge in [0.15, 0.2) is 0 Å². The van der Waals surface area contributed by atoms with Crippen LogP contribution in [0, 0.1) is 16.7 Å². The van der Waals surface area contributed by atoms with Gasteiger partial charge in [-0.3, -0.25) is 9.52 Å². The van der Waals surface area contributed by atoms with Gasteiger partial charge in [0.2, 0.25) is 0 Å². The maximum Gasteiger partial charge on any atom is 0.326 e. The standard InChI is InChI=1S/C23H27BrN2O3S/c1-22(2)17-13-14-23(3,15-17)21(22)26(20(27)16-7-5-4-6-8-16)30(28,29)25-19-11-9-18(24)10-12-19/h4-12,17,21,25H,13-15H2,1-3H3/t17-,21?,23+/m1/s1. The van der Waals surface area contributed by atoms with Crippen LogP contribution in [0.25, 0.3) is 0 Å². The van der Waals surface area contributed by atoms with Gasteiger partial charge in [-0.15, -0.1) is 0 Å². The maximum atomic E-state index is 13.7. The summed E-state index contributed by atoms with van der Waals surface area (Å²) in [5.74, 6) is -0.0754. The molecular weight excluding hydrogens is 464 g/mol. The highest BCUT2D eigenvalue weighted by Gasteiger charge is 2.64. The number of amides is 1. The quantitative estimate of drug-likeness (QED) is 0.604. The molecule has 3 atom stereocenters. The van der Waals surface area contributed by atoms with Gasteiger partial charge in [-0.25, -0.2) is 4.31 Å². The van der Waals surface area contributed by atoms with Gasteiger partial charge >= 0.3 is 10.2 Å². The number of anilines is 1. The predicted octanol–water partition coefficient (Wildman–Crippen LogP) is 5.46. The first-order valence-electron chi connectivity index (χ1n) is 10.2. The van der Waals surface area contributed by atoms with E-state index in [0.29, 0.717) is 17.2 Å². The lowest BCUT2D eigenvalue weighted by atomic mass is 9.68. The van der Waals surface area contributed by atoms with Gasteiger partial charge in [-0.1, -0.05) is 54.9 Å². The highest BCUT2D eigenvalue weighted by Crippen LogP contribution is 2.64. The Morgan fingerprint density at radius 2 is 1.70 bits per heavy atom. The Balaban J connectivity index is 1.80. The van der Waals surface area contributed by atoms with E-state index in [9.17, 15) is 13.2 Å². The van der Waals surface area contributed by atoms with Gasteiger partial charge < -0.3 is 0 Å². The van der Waals surface area contributed by atoms with Crippen LogP contribution in [-0.4, -0.2) is 24.7 Å². The second-order valence-corrected chi connectivity index (χ2v) is 11.9. The first kappa shape index (κ1) is 21.4. The third kappa shape index (κ3) is 3.56. The molecule has 0 aliphatic heterocycles. The van der Waals surface area contributed by atoms with E-state index in [0.717, 1.165) is 28.0 Å². The molecular formula is C23H27BrN2O3S. The summed E-state index contributed by atoms with van der Waals surface area (Å²) in [5, 5.41) is 0. The number of benzene rings is 2. The summed E-state index contributed by atoms with van der Waals surface area (Å²) in [5.41, 5.74) is 0.273. The Bertz CT molecular complexity index is 1050. The highest BCUT2D eigenvalue weighted by molar-refractivity contribution is 9.10. The van der Waals surface area contributed by atoms with Gasteiger partial charge in [0, 0.05) is 10.0 Å². The molecule has 2 aromatic rings. The molecule has 160 valence electrons. The Kier molecular flexibility index (Phi) is 5.26. The van der Waals surface area contributed by atoms with E-state index in [1.807, 2.05) is 6.07 Å². The van der Waals surface area contributed by atoms with Crippen LogP contribution in [0.5, 0.6) is 0 Å². The first-order chi connectivity index (χ1) is 14.0. The largest absolute Gasteiger partial charge is 0.326 e. The van der Waals surface area contributed by atoms with Crippen molar-refractivity contribution in [2.75, 3.05) is 4.72 Å². The molecule has 30 heavy (non-hydrogen) atoms. The van der Waals surface area contributed by atoms with E-state index >= 15 is 0 Å². The molecule has 0 heterocycles. The number of hydrogen-bond acceptors (Lipinski definition) is 3. The molecule has 2 bridgehead atoms. The summed E-state index contributed by atoms with van der Waals surface area (Å²) < 4.78 is 32.0. The van der Waals surface area contributed by atoms with Crippen molar-refractivity contribution in [3.8, 4) is 0 Å². The molecule has 1 N–H and O–H groups in total. The number of fused-ring (bicyclic) bond motifs is 2. The molecule has 4 rings (SSSR count). The molecule has 2 aliphatic carbocycles. The maximum absolute atomic E-state index is 13.7. The summed E-state index contributed by atoms with van der Waals surface area (Å²) in [4.78, 5) is 13.6. The minimum atomic E-state index is -4.13. The second kappa shape index (κ2) is 7.38. The topological polar surface area (TPSA) is 66.5 Å². The number of nitrogens with zero attached hydrogens (tertiary/aromatic N) is 1. The third-order valence-corrected chi connectivity index (χ3v) is 8.92. The van der Waals surface area contributed by atoms with Crippen molar-refractivity contribution in [1.29, 1.82) is 0 Å². The Morgan fingerprint density at radius 3 is 2.27 bits per heavy atom. The average molecular weight is 491 g/mol. The normalized spacial score (nSPS) is 27.1. The number of carbonyl (C=O) groups excluding carboxylic acids is 1. The lowest BCUT2D eigenvalue weighted by molar-refractivity contribution is 0.0398. The van der Waals surface area contributed by atoms with Gasteiger partial charge in [0.1, 0.15) is 0 Å². The van der Waals surface area contributed by atoms with Crippen LogP contribution in [0.3, 0.4) is 0 Å². The van der Waals surface area contributed by atoms with E-state index in [4.69, 9.17) is 0 Å². The first-order valence-corrected chi connectivity index (χ1v) is 12.4. The summed E-state index contributed by atoms with van der Waals surface area (Å²) in [6.45, 7) is 6.34. The number of nitrogens with one attached hydrogen (secondary N) is 1. The number of hydrogen-bond donors (Lipinski definition) is 1. The van der Waals surface area contributed by atoms with Crippen LogP contribution >= 0.6 is 15.9 Å². The Morgan fingerprint density at radius 1 is 1.07 bits per heavy atom. The van der Waals surface area contributed by atoms with Crippen molar-refractivity contribution in [3.63, 3.8) is 0 Å². The van der Waals surface area contributed by atoms with Crippen LogP contribution in [-0.2, 0) is 10.2 Å². The predicted molar refractivity (Wildman–Crippen MR) is 122 cm³/mol. The lowest BCUT2D eigenvalue weighted by Gasteiger charge is -2.47. The van der Waals surface area contributed by atoms with E-state index in [-0.39, 0.29) is 10.8 Å². The summed E-state index contributed by atoms with van der Waals surface area (Å²) in [6.07, 6.45) is 2.95. The van der Waals surface area contributed by atoms with Crippen molar-refractivity contribution < 1.29 is 13.2 Å². The molecule has 0 radical (unpaired) electrons. The van der Waals surface area contributed by atoms with Crippen LogP contribution in [0.1, 0.15) is 50.4 Å². The van der Waals surface area contributed by atoms with Crippen molar-refractivity contribution >= 4 is 37.7 Å². The Hall–Kier alpha value is -1.86. The summed E-state index contributed by atoms with van der Waals surface area (Å²) in [6, 6.07) is 15.2. The smallest absolute Gasteiger partial charge is 0.268 e. The molecule has 0 saturated heterocycles. The summed E-state index contributed by atoms with van der Waals surface area (Å²) in [7, 11) is -4.13. The Labute approximate surface area is 187 Å². The number of rotatable bonds is 5. The van der Waals surface area contributed by atoms with Crippen molar-refractivity contribution in [2.45, 2.75) is 46.1 Å². The van der Waals surface area contributed by atoms with E-state index in [1.54, 1.807) is 48.5 Å². The highest BCUT2D eigenvalue weighted by atomic mass is 79.9. The monoisotopic (exact) mass is 490 g/mol. The van der Waals surface area contributed by atoms with Gasteiger partial charge in [0.05, 0.1) is 11.7 Å². The second-order valence-electron chi connectivity index (χ2n) is 9.40. The van der Waals surface area contributed by atoms with Crippen molar-refractivity contribution in [1.82, 2.24) is 4.31 Å². The molecule has 5 nitrogen and oxygen atoms in total. The van der Waals surface area contributed by atoms with Gasteiger partial charge in [-0.05, 0) is 72.4 Å². The van der Waals surface area contributed by atoms with E-state index in [2.05, 4.69) is 41.4 Å². The van der Waals surface area contributed by atoms with Crippen LogP contribution in [0.15, 0.2) is 59.1 Å². The summed E-state index contributed by atoms with van der Waals surface area (Å²) >= 11 is 3.36. The number of halogens is 1. The fraction of sp³-hybridized carbons (Fsp3) is 0.435. The van der Waals surface area contributed by atoms with Crippen molar-refractivity contribution in [3.05, 3.63) is 64.6 Å². The minimum absolute atomic E-state index is 0.229.